The maximum atomic E-state index is 12.9. The summed E-state index contributed by atoms with van der Waals surface area (Å²) in [5.74, 6) is 0.0117. The molecule has 5 aromatic rings. The summed E-state index contributed by atoms with van der Waals surface area (Å²) in [6.07, 6.45) is 8.40. The molecule has 0 spiro atoms. The summed E-state index contributed by atoms with van der Waals surface area (Å²) in [6, 6.07) is 22.5. The topological polar surface area (TPSA) is 178 Å². The van der Waals surface area contributed by atoms with Gasteiger partial charge in [0, 0.05) is 31.0 Å². The minimum atomic E-state index is -3.79. The number of aromatic nitrogens is 5. The van der Waals surface area contributed by atoms with Gasteiger partial charge in [0.05, 0.1) is 17.4 Å². The van der Waals surface area contributed by atoms with E-state index in [-0.39, 0.29) is 11.4 Å². The molecule has 210 valence electrons. The molecule has 0 fully saturated rings. The summed E-state index contributed by atoms with van der Waals surface area (Å²) in [5, 5.41) is 15.1. The molecule has 5 rings (SSSR count). The molecule has 5 N–H and O–H groups in total. The van der Waals surface area contributed by atoms with Gasteiger partial charge in [0.15, 0.2) is 0 Å². The standard InChI is InChI=1S/C21H20N6O2S.C7H8N2O2/c22-21-6-1-5-19(25-21)20(26-30(28,29)18-4-2-11-23-15-18)14-16-7-9-17(10-8-16)27-13-3-12-24-27;10-7(11)5-9-6-3-1-2-4-8-6/h1-13,15,20,26H,14H2,(H2,22,25);1-4H,5H2,(H,8,9)(H,10,11). The number of nitrogens with two attached hydrogens (primary N) is 1. The Hall–Kier alpha value is -5.14. The Kier molecular flexibility index (Phi) is 9.70. The van der Waals surface area contributed by atoms with Crippen molar-refractivity contribution < 1.29 is 18.3 Å². The second-order valence-corrected chi connectivity index (χ2v) is 10.3. The first kappa shape index (κ1) is 28.9. The van der Waals surface area contributed by atoms with Crippen LogP contribution in [0.1, 0.15) is 17.3 Å². The maximum absolute atomic E-state index is 12.9. The molecule has 4 aromatic heterocycles. The molecule has 0 bridgehead atoms. The minimum Gasteiger partial charge on any atom is -0.480 e. The van der Waals surface area contributed by atoms with Crippen LogP contribution in [-0.2, 0) is 21.2 Å². The highest BCUT2D eigenvalue weighted by atomic mass is 32.2. The average molecular weight is 573 g/mol. The lowest BCUT2D eigenvalue weighted by atomic mass is 10.0. The van der Waals surface area contributed by atoms with Crippen molar-refractivity contribution in [2.24, 2.45) is 0 Å². The van der Waals surface area contributed by atoms with Crippen molar-refractivity contribution in [3.8, 4) is 5.69 Å². The summed E-state index contributed by atoms with van der Waals surface area (Å²) < 4.78 is 30.3. The fraction of sp³-hybridized carbons (Fsp3) is 0.107. The normalized spacial score (nSPS) is 11.6. The molecule has 41 heavy (non-hydrogen) atoms. The first-order valence-electron chi connectivity index (χ1n) is 12.4. The van der Waals surface area contributed by atoms with E-state index in [0.717, 1.165) is 11.3 Å². The Morgan fingerprint density at radius 3 is 2.41 bits per heavy atom. The van der Waals surface area contributed by atoms with E-state index >= 15 is 0 Å². The van der Waals surface area contributed by atoms with Crippen LogP contribution in [0.3, 0.4) is 0 Å². The van der Waals surface area contributed by atoms with E-state index in [9.17, 15) is 13.2 Å². The predicted octanol–water partition coefficient (Wildman–Crippen LogP) is 3.08. The number of nitrogens with one attached hydrogen (secondary N) is 2. The van der Waals surface area contributed by atoms with Gasteiger partial charge in [-0.05, 0) is 66.6 Å². The summed E-state index contributed by atoms with van der Waals surface area (Å²) in [5.41, 5.74) is 8.23. The number of sulfonamides is 1. The molecule has 4 heterocycles. The van der Waals surface area contributed by atoms with Gasteiger partial charge >= 0.3 is 5.97 Å². The molecule has 0 radical (unpaired) electrons. The fourth-order valence-electron chi connectivity index (χ4n) is 3.71. The molecule has 0 amide bonds. The number of nitrogens with zero attached hydrogens (tertiary/aromatic N) is 5. The summed E-state index contributed by atoms with van der Waals surface area (Å²) in [4.78, 5) is 22.3. The molecular weight excluding hydrogens is 544 g/mol. The first-order chi connectivity index (χ1) is 19.8. The quantitative estimate of drug-likeness (QED) is 0.194. The minimum absolute atomic E-state index is 0.0907. The highest BCUT2D eigenvalue weighted by Crippen LogP contribution is 2.22. The third-order valence-electron chi connectivity index (χ3n) is 5.62. The molecule has 0 aliphatic rings. The number of carbonyl (C=O) groups is 1. The molecule has 1 aromatic carbocycles. The lowest BCUT2D eigenvalue weighted by Crippen LogP contribution is -2.31. The van der Waals surface area contributed by atoms with Gasteiger partial charge in [-0.25, -0.2) is 27.8 Å². The number of nitrogen functional groups attached to an aromatic ring is 1. The van der Waals surface area contributed by atoms with Gasteiger partial charge in [-0.1, -0.05) is 24.3 Å². The van der Waals surface area contributed by atoms with Gasteiger partial charge < -0.3 is 16.2 Å². The van der Waals surface area contributed by atoms with Crippen LogP contribution in [-0.4, -0.2) is 50.8 Å². The molecule has 1 unspecified atom stereocenters. The van der Waals surface area contributed by atoms with Crippen LogP contribution < -0.4 is 15.8 Å². The summed E-state index contributed by atoms with van der Waals surface area (Å²) in [6.45, 7) is -0.100. The van der Waals surface area contributed by atoms with Gasteiger partial charge in [-0.3, -0.25) is 9.78 Å². The second-order valence-electron chi connectivity index (χ2n) is 8.63. The highest BCUT2D eigenvalue weighted by molar-refractivity contribution is 7.89. The Balaban J connectivity index is 0.000000296. The summed E-state index contributed by atoms with van der Waals surface area (Å²) >= 11 is 0. The van der Waals surface area contributed by atoms with Crippen molar-refractivity contribution >= 4 is 27.6 Å². The van der Waals surface area contributed by atoms with Gasteiger partial charge in [0.1, 0.15) is 23.1 Å². The lowest BCUT2D eigenvalue weighted by Gasteiger charge is -2.19. The van der Waals surface area contributed by atoms with E-state index < -0.39 is 22.0 Å². The number of hydrogen-bond donors (Lipinski definition) is 4. The monoisotopic (exact) mass is 572 g/mol. The molecule has 1 atom stereocenters. The molecule has 0 saturated carbocycles. The fourth-order valence-corrected chi connectivity index (χ4v) is 4.88. The van der Waals surface area contributed by atoms with Crippen molar-refractivity contribution in [3.63, 3.8) is 0 Å². The smallest absolute Gasteiger partial charge is 0.322 e. The van der Waals surface area contributed by atoms with Crippen LogP contribution in [0.25, 0.3) is 5.69 Å². The highest BCUT2D eigenvalue weighted by Gasteiger charge is 2.23. The largest absolute Gasteiger partial charge is 0.480 e. The van der Waals surface area contributed by atoms with Crippen molar-refractivity contribution in [2.75, 3.05) is 17.6 Å². The van der Waals surface area contributed by atoms with E-state index in [2.05, 4.69) is 30.1 Å². The van der Waals surface area contributed by atoms with Crippen LogP contribution in [0.4, 0.5) is 11.6 Å². The maximum Gasteiger partial charge on any atom is 0.322 e. The van der Waals surface area contributed by atoms with E-state index in [1.54, 1.807) is 59.5 Å². The number of aliphatic carboxylic acids is 1. The molecule has 13 heteroatoms. The Bertz CT molecular complexity index is 1630. The zero-order chi connectivity index (χ0) is 29.1. The molecular formula is C28H28N8O4S. The molecule has 12 nitrogen and oxygen atoms in total. The van der Waals surface area contributed by atoms with E-state index in [1.165, 1.54) is 18.5 Å². The van der Waals surface area contributed by atoms with Crippen molar-refractivity contribution in [2.45, 2.75) is 17.4 Å². The first-order valence-corrected chi connectivity index (χ1v) is 13.9. The predicted molar refractivity (Wildman–Crippen MR) is 154 cm³/mol. The summed E-state index contributed by atoms with van der Waals surface area (Å²) in [7, 11) is -3.79. The number of pyridine rings is 3. The van der Waals surface area contributed by atoms with Crippen LogP contribution in [0.2, 0.25) is 0 Å². The third kappa shape index (κ3) is 8.68. The number of anilines is 2. The van der Waals surface area contributed by atoms with E-state index in [0.29, 0.717) is 23.8 Å². The Morgan fingerprint density at radius 2 is 1.78 bits per heavy atom. The Labute approximate surface area is 237 Å². The van der Waals surface area contributed by atoms with Crippen molar-refractivity contribution in [1.29, 1.82) is 0 Å². The van der Waals surface area contributed by atoms with Crippen LogP contribution in [0, 0.1) is 0 Å². The molecule has 0 aliphatic heterocycles. The zero-order valence-corrected chi connectivity index (χ0v) is 22.6. The SMILES string of the molecule is Nc1cccc(C(Cc2ccc(-n3cccn3)cc2)NS(=O)(=O)c2cccnc2)n1.O=C(O)CNc1ccccn1. The number of hydrogen-bond acceptors (Lipinski definition) is 9. The van der Waals surface area contributed by atoms with Crippen molar-refractivity contribution in [3.05, 3.63) is 121 Å². The second kappa shape index (κ2) is 13.8. The van der Waals surface area contributed by atoms with Gasteiger partial charge in [-0.2, -0.15) is 5.10 Å². The third-order valence-corrected chi connectivity index (χ3v) is 7.08. The number of carboxylic acid groups (broad SMARTS) is 1. The van der Waals surface area contributed by atoms with Gasteiger partial charge in [0.2, 0.25) is 10.0 Å². The number of carboxylic acids is 1. The van der Waals surface area contributed by atoms with Crippen molar-refractivity contribution in [1.82, 2.24) is 29.5 Å². The van der Waals surface area contributed by atoms with E-state index in [4.69, 9.17) is 10.8 Å². The van der Waals surface area contributed by atoms with Crippen LogP contribution in [0.5, 0.6) is 0 Å². The zero-order valence-electron chi connectivity index (χ0n) is 21.8. The number of rotatable bonds is 10. The molecule has 0 aliphatic carbocycles. The van der Waals surface area contributed by atoms with Crippen LogP contribution >= 0.6 is 0 Å². The van der Waals surface area contributed by atoms with Gasteiger partial charge in [0.25, 0.3) is 0 Å². The lowest BCUT2D eigenvalue weighted by molar-refractivity contribution is -0.134. The van der Waals surface area contributed by atoms with E-state index in [1.807, 2.05) is 36.5 Å². The van der Waals surface area contributed by atoms with Gasteiger partial charge in [-0.15, -0.1) is 0 Å². The molecule has 0 saturated heterocycles. The average Bonchev–Trinajstić information content (AvgIpc) is 3.53. The Morgan fingerprint density at radius 1 is 0.951 bits per heavy atom. The number of benzene rings is 1. The van der Waals surface area contributed by atoms with Crippen LogP contribution in [0.15, 0.2) is 115 Å².